The normalized spacial score (nSPS) is 28.7. The monoisotopic (exact) mass is 168 g/mol. The summed E-state index contributed by atoms with van der Waals surface area (Å²) in [6.45, 7) is 5.07. The summed E-state index contributed by atoms with van der Waals surface area (Å²) >= 11 is 0. The van der Waals surface area contributed by atoms with E-state index in [4.69, 9.17) is 4.74 Å². The fourth-order valence-corrected chi connectivity index (χ4v) is 1.93. The summed E-state index contributed by atoms with van der Waals surface area (Å²) in [6, 6.07) is 0. The lowest BCUT2D eigenvalue weighted by Crippen LogP contribution is -2.42. The van der Waals surface area contributed by atoms with Crippen molar-refractivity contribution in [2.75, 3.05) is 26.7 Å². The fourth-order valence-electron chi connectivity index (χ4n) is 1.93. The molecule has 1 spiro atoms. The Hall–Kier alpha value is -0.570. The average Bonchev–Trinajstić information content (AvgIpc) is 2.40. The Balaban J connectivity index is 2.04. The van der Waals surface area contributed by atoms with Crippen LogP contribution in [0.3, 0.4) is 0 Å². The average molecular weight is 168 g/mol. The molecule has 0 aromatic rings. The van der Waals surface area contributed by atoms with Gasteiger partial charge in [-0.1, -0.05) is 0 Å². The molecule has 0 aromatic carbocycles. The Morgan fingerprint density at radius 1 is 1.42 bits per heavy atom. The number of nitrogens with zero attached hydrogens (tertiary/aromatic N) is 2. The zero-order chi connectivity index (χ0) is 8.60. The number of ether oxygens (including phenoxy) is 1. The van der Waals surface area contributed by atoms with Crippen LogP contribution in [0.25, 0.3) is 0 Å². The van der Waals surface area contributed by atoms with Crippen molar-refractivity contribution in [2.24, 2.45) is 4.99 Å². The Kier molecular flexibility index (Phi) is 1.83. The highest BCUT2D eigenvalue weighted by molar-refractivity contribution is 5.75. The predicted molar refractivity (Wildman–Crippen MR) is 48.5 cm³/mol. The maximum atomic E-state index is 5.41. The van der Waals surface area contributed by atoms with E-state index in [0.29, 0.717) is 0 Å². The van der Waals surface area contributed by atoms with Crippen molar-refractivity contribution < 1.29 is 4.74 Å². The second kappa shape index (κ2) is 2.73. The minimum atomic E-state index is 0.149. The molecule has 68 valence electrons. The van der Waals surface area contributed by atoms with Gasteiger partial charge in [-0.15, -0.1) is 0 Å². The highest BCUT2D eigenvalue weighted by Crippen LogP contribution is 2.30. The van der Waals surface area contributed by atoms with Crippen molar-refractivity contribution in [1.82, 2.24) is 4.90 Å². The molecule has 0 radical (unpaired) electrons. The summed E-state index contributed by atoms with van der Waals surface area (Å²) in [6.07, 6.45) is 2.31. The fraction of sp³-hybridized carbons (Fsp3) is 0.889. The van der Waals surface area contributed by atoms with Crippen LogP contribution >= 0.6 is 0 Å². The minimum absolute atomic E-state index is 0.149. The third-order valence-corrected chi connectivity index (χ3v) is 2.86. The van der Waals surface area contributed by atoms with E-state index in [-0.39, 0.29) is 5.54 Å². The lowest BCUT2D eigenvalue weighted by molar-refractivity contribution is 0.154. The molecule has 12 heavy (non-hydrogen) atoms. The number of hydrogen-bond donors (Lipinski definition) is 0. The van der Waals surface area contributed by atoms with E-state index < -0.39 is 0 Å². The largest absolute Gasteiger partial charge is 0.479 e. The second-order valence-electron chi connectivity index (χ2n) is 3.95. The van der Waals surface area contributed by atoms with E-state index in [9.17, 15) is 0 Å². The molecule has 0 aromatic heterocycles. The number of hydrogen-bond acceptors (Lipinski definition) is 3. The smallest absolute Gasteiger partial charge is 0.180 e. The van der Waals surface area contributed by atoms with Gasteiger partial charge in [0.1, 0.15) is 12.1 Å². The van der Waals surface area contributed by atoms with Gasteiger partial charge in [0.2, 0.25) is 0 Å². The van der Waals surface area contributed by atoms with Crippen LogP contribution in [0.5, 0.6) is 0 Å². The summed E-state index contributed by atoms with van der Waals surface area (Å²) in [5.74, 6) is 0.875. The molecule has 1 saturated heterocycles. The molecule has 2 rings (SSSR count). The van der Waals surface area contributed by atoms with Crippen LogP contribution in [0, 0.1) is 0 Å². The molecule has 0 N–H and O–H groups in total. The molecular weight excluding hydrogens is 152 g/mol. The van der Waals surface area contributed by atoms with Crippen LogP contribution in [0.15, 0.2) is 4.99 Å². The summed E-state index contributed by atoms with van der Waals surface area (Å²) < 4.78 is 5.41. The Bertz CT molecular complexity index is 205. The molecule has 0 unspecified atom stereocenters. The second-order valence-corrected chi connectivity index (χ2v) is 3.95. The van der Waals surface area contributed by atoms with E-state index in [1.165, 1.54) is 0 Å². The summed E-state index contributed by atoms with van der Waals surface area (Å²) in [5.41, 5.74) is 0.149. The summed E-state index contributed by atoms with van der Waals surface area (Å²) in [7, 11) is 2.17. The zero-order valence-corrected chi connectivity index (χ0v) is 7.84. The van der Waals surface area contributed by atoms with Gasteiger partial charge in [-0.05, 0) is 19.9 Å². The highest BCUT2D eigenvalue weighted by atomic mass is 16.5. The van der Waals surface area contributed by atoms with Crippen LogP contribution in [0.4, 0.5) is 0 Å². The van der Waals surface area contributed by atoms with E-state index in [0.717, 1.165) is 38.4 Å². The maximum Gasteiger partial charge on any atom is 0.180 e. The van der Waals surface area contributed by atoms with Gasteiger partial charge in [0.25, 0.3) is 0 Å². The van der Waals surface area contributed by atoms with Gasteiger partial charge in [-0.3, -0.25) is 0 Å². The first-order chi connectivity index (χ1) is 5.70. The molecular formula is C9H16N2O. The van der Waals surface area contributed by atoms with Crippen molar-refractivity contribution in [3.05, 3.63) is 0 Å². The number of likely N-dealkylation sites (tertiary alicyclic amines) is 1. The highest BCUT2D eigenvalue weighted by Gasteiger charge is 2.37. The molecule has 2 aliphatic rings. The molecule has 0 amide bonds. The number of rotatable bonds is 0. The molecule has 0 saturated carbocycles. The quantitative estimate of drug-likeness (QED) is 0.537. The van der Waals surface area contributed by atoms with E-state index in [1.807, 2.05) is 6.92 Å². The molecule has 2 aliphatic heterocycles. The summed E-state index contributed by atoms with van der Waals surface area (Å²) in [4.78, 5) is 6.94. The van der Waals surface area contributed by atoms with Crippen molar-refractivity contribution in [3.63, 3.8) is 0 Å². The molecule has 1 fully saturated rings. The number of piperidine rings is 1. The van der Waals surface area contributed by atoms with Gasteiger partial charge in [-0.2, -0.15) is 0 Å². The third kappa shape index (κ3) is 1.33. The molecule has 0 bridgehead atoms. The van der Waals surface area contributed by atoms with Crippen molar-refractivity contribution in [3.8, 4) is 0 Å². The third-order valence-electron chi connectivity index (χ3n) is 2.86. The first-order valence-electron chi connectivity index (χ1n) is 4.58. The molecule has 0 atom stereocenters. The molecule has 2 heterocycles. The lowest BCUT2D eigenvalue weighted by Gasteiger charge is -2.33. The molecule has 3 heteroatoms. The Morgan fingerprint density at radius 2 is 2.08 bits per heavy atom. The van der Waals surface area contributed by atoms with Gasteiger partial charge in [0.05, 0.1) is 0 Å². The minimum Gasteiger partial charge on any atom is -0.479 e. The van der Waals surface area contributed by atoms with Crippen LogP contribution in [0.2, 0.25) is 0 Å². The van der Waals surface area contributed by atoms with Gasteiger partial charge in [0.15, 0.2) is 5.90 Å². The SMILES string of the molecule is CC1=NC2(CCN(C)CC2)CO1. The van der Waals surface area contributed by atoms with Crippen molar-refractivity contribution >= 4 is 5.90 Å². The van der Waals surface area contributed by atoms with Crippen molar-refractivity contribution in [2.45, 2.75) is 25.3 Å². The van der Waals surface area contributed by atoms with E-state index in [1.54, 1.807) is 0 Å². The van der Waals surface area contributed by atoms with Gasteiger partial charge in [-0.25, -0.2) is 4.99 Å². The Morgan fingerprint density at radius 3 is 2.58 bits per heavy atom. The topological polar surface area (TPSA) is 24.8 Å². The van der Waals surface area contributed by atoms with Gasteiger partial charge >= 0.3 is 0 Å². The van der Waals surface area contributed by atoms with Crippen LogP contribution in [-0.2, 0) is 4.74 Å². The van der Waals surface area contributed by atoms with Crippen LogP contribution < -0.4 is 0 Å². The number of aliphatic imine (C=N–C) groups is 1. The van der Waals surface area contributed by atoms with E-state index in [2.05, 4.69) is 16.9 Å². The zero-order valence-electron chi connectivity index (χ0n) is 7.84. The van der Waals surface area contributed by atoms with Gasteiger partial charge < -0.3 is 9.64 Å². The molecule has 0 aliphatic carbocycles. The van der Waals surface area contributed by atoms with Crippen LogP contribution in [0.1, 0.15) is 19.8 Å². The summed E-state index contributed by atoms with van der Waals surface area (Å²) in [5, 5.41) is 0. The van der Waals surface area contributed by atoms with E-state index >= 15 is 0 Å². The maximum absolute atomic E-state index is 5.41. The predicted octanol–water partition coefficient (Wildman–Crippen LogP) is 0.899. The van der Waals surface area contributed by atoms with Gasteiger partial charge in [0, 0.05) is 20.0 Å². The first kappa shape index (κ1) is 8.05. The standard InChI is InChI=1S/C9H16N2O/c1-8-10-9(7-12-8)3-5-11(2)6-4-9/h3-7H2,1-2H3. The molecule has 3 nitrogen and oxygen atoms in total. The first-order valence-corrected chi connectivity index (χ1v) is 4.58. The van der Waals surface area contributed by atoms with Crippen molar-refractivity contribution in [1.29, 1.82) is 0 Å². The Labute approximate surface area is 73.4 Å². The van der Waals surface area contributed by atoms with Crippen LogP contribution in [-0.4, -0.2) is 43.1 Å². The lowest BCUT2D eigenvalue weighted by atomic mass is 9.90.